The maximum Gasteiger partial charge on any atom is 0.300 e. The molecule has 1 aromatic heterocycles. The van der Waals surface area contributed by atoms with Crippen molar-refractivity contribution in [3.63, 3.8) is 0 Å². The quantitative estimate of drug-likeness (QED) is 0.289. The highest BCUT2D eigenvalue weighted by Gasteiger charge is 2.48. The van der Waals surface area contributed by atoms with E-state index < -0.39 is 17.7 Å². The molecule has 2 saturated heterocycles. The molecule has 2 atom stereocenters. The molecular weight excluding hydrogens is 468 g/mol. The number of carbonyl (C=O) groups is 2. The van der Waals surface area contributed by atoms with Crippen LogP contribution in [0.15, 0.2) is 64.6 Å². The second-order valence-electron chi connectivity index (χ2n) is 10.1. The van der Waals surface area contributed by atoms with E-state index in [1.807, 2.05) is 44.2 Å². The van der Waals surface area contributed by atoms with Gasteiger partial charge in [-0.05, 0) is 93.3 Å². The van der Waals surface area contributed by atoms with Gasteiger partial charge in [-0.2, -0.15) is 0 Å². The minimum absolute atomic E-state index is 0.0198. The summed E-state index contributed by atoms with van der Waals surface area (Å²) in [7, 11) is 0. The minimum Gasteiger partial charge on any atom is -0.507 e. The SMILES string of the molecule is Cc1ccc(C2/C(=C(/O)c3ccc4c(c3)CC(C)O4)C(=O)C(=O)N2c2ccc(N3CCCCC3)cc2)o1. The van der Waals surface area contributed by atoms with Crippen molar-refractivity contribution in [1.82, 2.24) is 0 Å². The van der Waals surface area contributed by atoms with Crippen LogP contribution in [-0.2, 0) is 16.0 Å². The first-order valence-electron chi connectivity index (χ1n) is 12.9. The summed E-state index contributed by atoms with van der Waals surface area (Å²) in [5.74, 6) is 0.219. The fourth-order valence-electron chi connectivity index (χ4n) is 5.67. The van der Waals surface area contributed by atoms with Crippen molar-refractivity contribution in [1.29, 1.82) is 0 Å². The Labute approximate surface area is 215 Å². The summed E-state index contributed by atoms with van der Waals surface area (Å²) < 4.78 is 11.7. The van der Waals surface area contributed by atoms with Crippen LogP contribution in [0.5, 0.6) is 5.75 Å². The van der Waals surface area contributed by atoms with Crippen LogP contribution in [0, 0.1) is 6.92 Å². The molecule has 0 spiro atoms. The fraction of sp³-hybridized carbons (Fsp3) is 0.333. The number of rotatable bonds is 4. The van der Waals surface area contributed by atoms with Gasteiger partial charge in [0, 0.05) is 36.4 Å². The zero-order chi connectivity index (χ0) is 25.7. The molecule has 0 saturated carbocycles. The number of aliphatic hydroxyl groups is 1. The molecule has 7 nitrogen and oxygen atoms in total. The van der Waals surface area contributed by atoms with E-state index in [1.54, 1.807) is 24.3 Å². The molecule has 0 bridgehead atoms. The summed E-state index contributed by atoms with van der Waals surface area (Å²) in [6.07, 6.45) is 4.36. The molecule has 3 aromatic rings. The molecule has 3 aliphatic rings. The third-order valence-corrected chi connectivity index (χ3v) is 7.49. The Bertz CT molecular complexity index is 1400. The smallest absolute Gasteiger partial charge is 0.300 e. The lowest BCUT2D eigenvalue weighted by atomic mass is 9.97. The van der Waals surface area contributed by atoms with Crippen LogP contribution >= 0.6 is 0 Å². The van der Waals surface area contributed by atoms with E-state index in [-0.39, 0.29) is 17.4 Å². The Hall–Kier alpha value is -4.00. The van der Waals surface area contributed by atoms with Crippen molar-refractivity contribution in [2.24, 2.45) is 0 Å². The Morgan fingerprint density at radius 2 is 1.68 bits per heavy atom. The Morgan fingerprint density at radius 3 is 2.38 bits per heavy atom. The predicted molar refractivity (Wildman–Crippen MR) is 141 cm³/mol. The first-order valence-corrected chi connectivity index (χ1v) is 12.9. The number of hydrogen-bond acceptors (Lipinski definition) is 6. The van der Waals surface area contributed by atoms with Crippen molar-refractivity contribution in [2.45, 2.75) is 51.7 Å². The van der Waals surface area contributed by atoms with Crippen molar-refractivity contribution >= 4 is 28.8 Å². The number of aliphatic hydroxyl groups excluding tert-OH is 1. The molecule has 0 aliphatic carbocycles. The normalized spacial score (nSPS) is 22.9. The van der Waals surface area contributed by atoms with E-state index in [2.05, 4.69) is 4.90 Å². The van der Waals surface area contributed by atoms with E-state index >= 15 is 0 Å². The number of hydrogen-bond donors (Lipinski definition) is 1. The van der Waals surface area contributed by atoms with Gasteiger partial charge in [-0.25, -0.2) is 0 Å². The van der Waals surface area contributed by atoms with E-state index in [1.165, 1.54) is 24.2 Å². The van der Waals surface area contributed by atoms with Gasteiger partial charge >= 0.3 is 0 Å². The van der Waals surface area contributed by atoms with Crippen molar-refractivity contribution in [3.8, 4) is 5.75 Å². The molecular formula is C30H30N2O5. The average Bonchev–Trinajstić information content (AvgIpc) is 3.58. The second kappa shape index (κ2) is 9.14. The van der Waals surface area contributed by atoms with Gasteiger partial charge in [-0.1, -0.05) is 0 Å². The first kappa shape index (κ1) is 23.4. The number of furan rings is 1. The summed E-state index contributed by atoms with van der Waals surface area (Å²) in [5.41, 5.74) is 3.14. The molecule has 1 amide bonds. The van der Waals surface area contributed by atoms with Crippen LogP contribution < -0.4 is 14.5 Å². The van der Waals surface area contributed by atoms with Crippen LogP contribution in [-0.4, -0.2) is 36.0 Å². The van der Waals surface area contributed by atoms with Gasteiger partial charge in [0.15, 0.2) is 0 Å². The molecule has 4 heterocycles. The van der Waals surface area contributed by atoms with Crippen LogP contribution in [0.3, 0.4) is 0 Å². The van der Waals surface area contributed by atoms with Crippen LogP contribution in [0.25, 0.3) is 5.76 Å². The second-order valence-corrected chi connectivity index (χ2v) is 10.1. The first-order chi connectivity index (χ1) is 17.9. The van der Waals surface area contributed by atoms with Gasteiger partial charge < -0.3 is 19.2 Å². The number of nitrogens with zero attached hydrogens (tertiary/aromatic N) is 2. The summed E-state index contributed by atoms with van der Waals surface area (Å²) in [6, 6.07) is 15.7. The molecule has 3 aliphatic heterocycles. The van der Waals surface area contributed by atoms with Crippen LogP contribution in [0.1, 0.15) is 54.9 Å². The molecule has 37 heavy (non-hydrogen) atoms. The summed E-state index contributed by atoms with van der Waals surface area (Å²) in [5, 5.41) is 11.4. The maximum absolute atomic E-state index is 13.4. The van der Waals surface area contributed by atoms with Gasteiger partial charge in [0.2, 0.25) is 0 Å². The maximum atomic E-state index is 13.4. The van der Waals surface area contributed by atoms with Gasteiger partial charge in [0.05, 0.1) is 5.57 Å². The summed E-state index contributed by atoms with van der Waals surface area (Å²) in [4.78, 5) is 30.6. The van der Waals surface area contributed by atoms with E-state index in [0.29, 0.717) is 22.8 Å². The van der Waals surface area contributed by atoms with Crippen molar-refractivity contribution < 1.29 is 23.8 Å². The monoisotopic (exact) mass is 498 g/mol. The van der Waals surface area contributed by atoms with Crippen LogP contribution in [0.4, 0.5) is 11.4 Å². The number of piperidine rings is 1. The molecule has 190 valence electrons. The molecule has 2 unspecified atom stereocenters. The minimum atomic E-state index is -0.877. The number of ketones is 1. The number of aryl methyl sites for hydroxylation is 1. The molecule has 1 N–H and O–H groups in total. The zero-order valence-electron chi connectivity index (χ0n) is 21.1. The highest BCUT2D eigenvalue weighted by atomic mass is 16.5. The van der Waals surface area contributed by atoms with Gasteiger partial charge in [-0.3, -0.25) is 14.5 Å². The Morgan fingerprint density at radius 1 is 0.946 bits per heavy atom. The molecule has 0 radical (unpaired) electrons. The van der Waals surface area contributed by atoms with Gasteiger partial charge in [0.25, 0.3) is 11.7 Å². The lowest BCUT2D eigenvalue weighted by molar-refractivity contribution is -0.132. The average molecular weight is 499 g/mol. The van der Waals surface area contributed by atoms with Crippen LogP contribution in [0.2, 0.25) is 0 Å². The number of ether oxygens (including phenoxy) is 1. The number of fused-ring (bicyclic) bond motifs is 1. The van der Waals surface area contributed by atoms with Gasteiger partial charge in [-0.15, -0.1) is 0 Å². The number of amides is 1. The van der Waals surface area contributed by atoms with Crippen molar-refractivity contribution in [3.05, 3.63) is 82.8 Å². The van der Waals surface area contributed by atoms with E-state index in [9.17, 15) is 14.7 Å². The summed E-state index contributed by atoms with van der Waals surface area (Å²) in [6.45, 7) is 5.83. The van der Waals surface area contributed by atoms with Crippen molar-refractivity contribution in [2.75, 3.05) is 22.9 Å². The number of Topliss-reactive ketones (excluding diaryl/α,β-unsaturated/α-hetero) is 1. The largest absolute Gasteiger partial charge is 0.507 e. The predicted octanol–water partition coefficient (Wildman–Crippen LogP) is 5.53. The highest BCUT2D eigenvalue weighted by molar-refractivity contribution is 6.51. The number of anilines is 2. The molecule has 7 heteroatoms. The van der Waals surface area contributed by atoms with Gasteiger partial charge in [0.1, 0.15) is 35.2 Å². The lowest BCUT2D eigenvalue weighted by Gasteiger charge is -2.29. The summed E-state index contributed by atoms with van der Waals surface area (Å²) >= 11 is 0. The third-order valence-electron chi connectivity index (χ3n) is 7.49. The highest BCUT2D eigenvalue weighted by Crippen LogP contribution is 2.43. The van der Waals surface area contributed by atoms with E-state index in [4.69, 9.17) is 9.15 Å². The standard InChI is InChI=1S/C30H30N2O5/c1-18-6-12-25(36-18)27-26(28(33)20-7-13-24-21(17-20)16-19(2)37-24)29(34)30(35)32(27)23-10-8-22(9-11-23)31-14-4-3-5-15-31/h6-13,17,19,27,33H,3-5,14-16H2,1-2H3/b28-26-. The molecule has 6 rings (SSSR count). The third kappa shape index (κ3) is 4.08. The fourth-order valence-corrected chi connectivity index (χ4v) is 5.67. The lowest BCUT2D eigenvalue weighted by Crippen LogP contribution is -2.30. The number of carbonyl (C=O) groups excluding carboxylic acids is 2. The Kier molecular flexibility index (Phi) is 5.78. The zero-order valence-corrected chi connectivity index (χ0v) is 21.1. The molecule has 2 aromatic carbocycles. The topological polar surface area (TPSA) is 83.2 Å². The molecule has 2 fully saturated rings. The van der Waals surface area contributed by atoms with E-state index in [0.717, 1.165) is 36.5 Å². The Balaban J connectivity index is 1.42. The number of benzene rings is 2.